The van der Waals surface area contributed by atoms with Gasteiger partial charge in [0.25, 0.3) is 5.91 Å². The Morgan fingerprint density at radius 2 is 2.25 bits per heavy atom. The quantitative estimate of drug-likeness (QED) is 0.853. The van der Waals surface area contributed by atoms with E-state index in [1.165, 1.54) is 0 Å². The second-order valence-electron chi connectivity index (χ2n) is 3.79. The molecule has 0 spiro atoms. The summed E-state index contributed by atoms with van der Waals surface area (Å²) in [5.74, 6) is -0.166. The average molecular weight is 259 g/mol. The van der Waals surface area contributed by atoms with E-state index >= 15 is 0 Å². The highest BCUT2D eigenvalue weighted by molar-refractivity contribution is 6.35. The third-order valence-electron chi connectivity index (χ3n) is 2.57. The molecule has 1 heterocycles. The van der Waals surface area contributed by atoms with E-state index in [0.29, 0.717) is 15.6 Å². The number of hydrogen-bond acceptors (Lipinski definition) is 2. The molecule has 0 aromatic heterocycles. The first-order valence-corrected chi connectivity index (χ1v) is 5.89. The molecule has 5 heteroatoms. The smallest absolute Gasteiger partial charge is 0.253 e. The molecule has 1 fully saturated rings. The van der Waals surface area contributed by atoms with Crippen LogP contribution in [0.1, 0.15) is 16.8 Å². The van der Waals surface area contributed by atoms with Crippen molar-refractivity contribution in [2.24, 2.45) is 0 Å². The van der Waals surface area contributed by atoms with E-state index < -0.39 is 0 Å². The van der Waals surface area contributed by atoms with Crippen LogP contribution in [0.15, 0.2) is 18.2 Å². The molecule has 0 aliphatic carbocycles. The van der Waals surface area contributed by atoms with Crippen molar-refractivity contribution >= 4 is 29.1 Å². The molecule has 3 nitrogen and oxygen atoms in total. The van der Waals surface area contributed by atoms with Gasteiger partial charge in [0.05, 0.1) is 10.6 Å². The topological polar surface area (TPSA) is 41.1 Å². The lowest BCUT2D eigenvalue weighted by molar-refractivity contribution is 0.0940. The van der Waals surface area contributed by atoms with Crippen LogP contribution in [0.4, 0.5) is 0 Å². The molecule has 1 amide bonds. The van der Waals surface area contributed by atoms with Crippen molar-refractivity contribution in [1.29, 1.82) is 0 Å². The summed E-state index contributed by atoms with van der Waals surface area (Å²) in [6, 6.07) is 5.06. The second kappa shape index (κ2) is 5.04. The molecule has 1 aliphatic heterocycles. The normalized spacial score (nSPS) is 19.8. The van der Waals surface area contributed by atoms with Crippen LogP contribution in [0.2, 0.25) is 10.0 Å². The molecule has 1 aromatic carbocycles. The van der Waals surface area contributed by atoms with Gasteiger partial charge < -0.3 is 10.6 Å². The summed E-state index contributed by atoms with van der Waals surface area (Å²) in [5, 5.41) is 7.04. The number of amides is 1. The molecule has 1 atom stereocenters. The lowest BCUT2D eigenvalue weighted by atomic mass is 10.2. The van der Waals surface area contributed by atoms with Crippen molar-refractivity contribution in [2.75, 3.05) is 13.1 Å². The van der Waals surface area contributed by atoms with Crippen LogP contribution in [0, 0.1) is 0 Å². The predicted molar refractivity (Wildman–Crippen MR) is 65.2 cm³/mol. The van der Waals surface area contributed by atoms with Gasteiger partial charge in [-0.15, -0.1) is 0 Å². The van der Waals surface area contributed by atoms with Gasteiger partial charge in [-0.05, 0) is 31.2 Å². The Hall–Kier alpha value is -0.770. The molecule has 1 saturated heterocycles. The molecule has 0 bridgehead atoms. The van der Waals surface area contributed by atoms with E-state index in [-0.39, 0.29) is 11.9 Å². The van der Waals surface area contributed by atoms with Gasteiger partial charge in [-0.2, -0.15) is 0 Å². The summed E-state index contributed by atoms with van der Waals surface area (Å²) in [5.41, 5.74) is 0.432. The lowest BCUT2D eigenvalue weighted by Gasteiger charge is -2.12. The number of carbonyl (C=O) groups excluding carboxylic acids is 1. The van der Waals surface area contributed by atoms with E-state index in [4.69, 9.17) is 23.2 Å². The fourth-order valence-electron chi connectivity index (χ4n) is 1.71. The minimum atomic E-state index is -0.166. The third-order valence-corrected chi connectivity index (χ3v) is 3.13. The summed E-state index contributed by atoms with van der Waals surface area (Å²) < 4.78 is 0. The highest BCUT2D eigenvalue weighted by atomic mass is 35.5. The summed E-state index contributed by atoms with van der Waals surface area (Å²) in [6.45, 7) is 1.75. The molecule has 0 unspecified atom stereocenters. The fraction of sp³-hybridized carbons (Fsp3) is 0.364. The van der Waals surface area contributed by atoms with Crippen molar-refractivity contribution in [3.63, 3.8) is 0 Å². The zero-order chi connectivity index (χ0) is 11.5. The molecule has 2 rings (SSSR count). The molecule has 16 heavy (non-hydrogen) atoms. The molecular formula is C11H12Cl2N2O. The number of hydrogen-bond donors (Lipinski definition) is 2. The largest absolute Gasteiger partial charge is 0.348 e. The Bertz CT molecular complexity index is 403. The zero-order valence-electron chi connectivity index (χ0n) is 8.59. The van der Waals surface area contributed by atoms with Gasteiger partial charge in [-0.1, -0.05) is 23.2 Å². The summed E-state index contributed by atoms with van der Waals surface area (Å²) in [4.78, 5) is 11.9. The number of carbonyl (C=O) groups is 1. The van der Waals surface area contributed by atoms with Gasteiger partial charge in [0.2, 0.25) is 0 Å². The van der Waals surface area contributed by atoms with Crippen LogP contribution in [0.5, 0.6) is 0 Å². The fourth-order valence-corrected chi connectivity index (χ4v) is 2.09. The van der Waals surface area contributed by atoms with Gasteiger partial charge in [-0.3, -0.25) is 4.79 Å². The van der Waals surface area contributed by atoms with E-state index in [0.717, 1.165) is 19.5 Å². The Morgan fingerprint density at radius 3 is 2.94 bits per heavy atom. The zero-order valence-corrected chi connectivity index (χ0v) is 10.1. The van der Waals surface area contributed by atoms with E-state index in [2.05, 4.69) is 10.6 Å². The van der Waals surface area contributed by atoms with E-state index in [1.807, 2.05) is 0 Å². The highest BCUT2D eigenvalue weighted by Gasteiger charge is 2.19. The van der Waals surface area contributed by atoms with Crippen LogP contribution in [-0.4, -0.2) is 25.0 Å². The Morgan fingerprint density at radius 1 is 1.44 bits per heavy atom. The number of rotatable bonds is 2. The summed E-state index contributed by atoms with van der Waals surface area (Å²) in [6.07, 6.45) is 0.948. The maximum Gasteiger partial charge on any atom is 0.253 e. The Kier molecular flexibility index (Phi) is 3.69. The molecule has 86 valence electrons. The minimum absolute atomic E-state index is 0.166. The maximum atomic E-state index is 11.9. The second-order valence-corrected chi connectivity index (χ2v) is 4.63. The minimum Gasteiger partial charge on any atom is -0.348 e. The van der Waals surface area contributed by atoms with Gasteiger partial charge in [0, 0.05) is 17.6 Å². The number of benzene rings is 1. The van der Waals surface area contributed by atoms with Crippen molar-refractivity contribution in [3.8, 4) is 0 Å². The van der Waals surface area contributed by atoms with Gasteiger partial charge >= 0.3 is 0 Å². The van der Waals surface area contributed by atoms with Crippen molar-refractivity contribution in [3.05, 3.63) is 33.8 Å². The van der Waals surface area contributed by atoms with Crippen LogP contribution in [0.25, 0.3) is 0 Å². The molecular weight excluding hydrogens is 247 g/mol. The first-order valence-electron chi connectivity index (χ1n) is 5.13. The predicted octanol–water partition coefficient (Wildman–Crippen LogP) is 2.09. The SMILES string of the molecule is O=C(N[C@H]1CCNC1)c1cc(Cl)ccc1Cl. The van der Waals surface area contributed by atoms with E-state index in [1.54, 1.807) is 18.2 Å². The number of halogens is 2. The maximum absolute atomic E-state index is 11.9. The lowest BCUT2D eigenvalue weighted by Crippen LogP contribution is -2.36. The van der Waals surface area contributed by atoms with E-state index in [9.17, 15) is 4.79 Å². The van der Waals surface area contributed by atoms with Gasteiger partial charge in [0.1, 0.15) is 0 Å². The van der Waals surface area contributed by atoms with Crippen LogP contribution < -0.4 is 10.6 Å². The summed E-state index contributed by atoms with van der Waals surface area (Å²) in [7, 11) is 0. The van der Waals surface area contributed by atoms with Crippen molar-refractivity contribution in [2.45, 2.75) is 12.5 Å². The first-order chi connectivity index (χ1) is 7.66. The van der Waals surface area contributed by atoms with Crippen LogP contribution >= 0.6 is 23.2 Å². The summed E-state index contributed by atoms with van der Waals surface area (Å²) >= 11 is 11.8. The molecule has 1 aromatic rings. The Balaban J connectivity index is 2.10. The van der Waals surface area contributed by atoms with Crippen molar-refractivity contribution < 1.29 is 4.79 Å². The Labute approximate surface area is 104 Å². The van der Waals surface area contributed by atoms with Crippen LogP contribution in [-0.2, 0) is 0 Å². The van der Waals surface area contributed by atoms with Crippen LogP contribution in [0.3, 0.4) is 0 Å². The monoisotopic (exact) mass is 258 g/mol. The van der Waals surface area contributed by atoms with Gasteiger partial charge in [0.15, 0.2) is 0 Å². The van der Waals surface area contributed by atoms with Gasteiger partial charge in [-0.25, -0.2) is 0 Å². The highest BCUT2D eigenvalue weighted by Crippen LogP contribution is 2.20. The number of nitrogens with one attached hydrogen (secondary N) is 2. The molecule has 2 N–H and O–H groups in total. The molecule has 0 radical (unpaired) electrons. The molecule has 0 saturated carbocycles. The third kappa shape index (κ3) is 2.67. The van der Waals surface area contributed by atoms with Crippen molar-refractivity contribution in [1.82, 2.24) is 10.6 Å². The molecule has 1 aliphatic rings. The average Bonchev–Trinajstić information content (AvgIpc) is 2.74. The standard InChI is InChI=1S/C11H12Cl2N2O/c12-7-1-2-10(13)9(5-7)11(16)15-8-3-4-14-6-8/h1-2,5,8,14H,3-4,6H2,(H,15,16)/t8-/m0/s1. The first kappa shape index (κ1) is 11.7.